The number of methoxy groups -OCH3 is 1. The number of amides is 2. The van der Waals surface area contributed by atoms with E-state index in [-0.39, 0.29) is 17.8 Å². The van der Waals surface area contributed by atoms with Crippen molar-refractivity contribution < 1.29 is 19.4 Å². The zero-order valence-electron chi connectivity index (χ0n) is 12.1. The number of hydrogen-bond donors (Lipinski definition) is 4. The zero-order valence-corrected chi connectivity index (χ0v) is 12.1. The number of carbonyl (C=O) groups is 2. The molecule has 0 aromatic carbocycles. The molecule has 1 aromatic rings. The maximum atomic E-state index is 12.0. The molecule has 0 aliphatic heterocycles. The number of nitrogens with one attached hydrogen (secondary N) is 3. The van der Waals surface area contributed by atoms with Gasteiger partial charge in [0, 0.05) is 7.11 Å². The van der Waals surface area contributed by atoms with Gasteiger partial charge in [-0.3, -0.25) is 0 Å². The third-order valence-corrected chi connectivity index (χ3v) is 3.61. The van der Waals surface area contributed by atoms with Crippen LogP contribution >= 0.6 is 0 Å². The topological polar surface area (TPSA) is 116 Å². The lowest BCUT2D eigenvalue weighted by Gasteiger charge is -2.40. The number of H-pyrrole nitrogens is 1. The van der Waals surface area contributed by atoms with Gasteiger partial charge in [-0.2, -0.15) is 0 Å². The molecule has 1 aliphatic carbocycles. The van der Waals surface area contributed by atoms with Crippen molar-refractivity contribution in [3.05, 3.63) is 17.7 Å². The lowest BCUT2D eigenvalue weighted by Crippen LogP contribution is -2.56. The van der Waals surface area contributed by atoms with E-state index in [0.29, 0.717) is 12.4 Å². The van der Waals surface area contributed by atoms with Crippen molar-refractivity contribution in [3.63, 3.8) is 0 Å². The lowest BCUT2D eigenvalue weighted by molar-refractivity contribution is 0.0690. The number of nitrogens with zero attached hydrogens (tertiary/aromatic N) is 1. The molecule has 1 atom stereocenters. The summed E-state index contributed by atoms with van der Waals surface area (Å²) in [6.45, 7) is 2.26. The van der Waals surface area contributed by atoms with Crippen molar-refractivity contribution in [1.29, 1.82) is 0 Å². The summed E-state index contributed by atoms with van der Waals surface area (Å²) in [7, 11) is 1.57. The Bertz CT molecular complexity index is 524. The molecule has 0 saturated heterocycles. The molecule has 0 bridgehead atoms. The van der Waals surface area contributed by atoms with Gasteiger partial charge in [0.25, 0.3) is 0 Å². The molecule has 0 spiro atoms. The standard InChI is InChI=1S/C13H20N4O4/c1-8(7-21-2)15-12(20)17-13(4-3-5-13)11-14-6-9(16-11)10(18)19/h6,8H,3-5,7H2,1-2H3,(H,14,16)(H,18,19)(H2,15,17,20). The first-order chi connectivity index (χ1) is 9.97. The number of imidazole rings is 1. The van der Waals surface area contributed by atoms with Gasteiger partial charge in [-0.15, -0.1) is 0 Å². The van der Waals surface area contributed by atoms with Crippen LogP contribution in [-0.4, -0.2) is 46.8 Å². The van der Waals surface area contributed by atoms with Gasteiger partial charge < -0.3 is 25.5 Å². The fourth-order valence-electron chi connectivity index (χ4n) is 2.39. The maximum absolute atomic E-state index is 12.0. The number of aromatic nitrogens is 2. The van der Waals surface area contributed by atoms with Crippen LogP contribution in [0.5, 0.6) is 0 Å². The minimum Gasteiger partial charge on any atom is -0.477 e. The summed E-state index contributed by atoms with van der Waals surface area (Å²) in [5.41, 5.74) is -0.587. The molecule has 8 heteroatoms. The molecule has 0 radical (unpaired) electrons. The predicted octanol–water partition coefficient (Wildman–Crippen LogP) is 0.821. The summed E-state index contributed by atoms with van der Waals surface area (Å²) in [5, 5.41) is 14.6. The van der Waals surface area contributed by atoms with Crippen LogP contribution in [0, 0.1) is 0 Å². The second-order valence-corrected chi connectivity index (χ2v) is 5.34. The van der Waals surface area contributed by atoms with Crippen molar-refractivity contribution in [2.24, 2.45) is 0 Å². The molecule has 116 valence electrons. The molecule has 1 unspecified atom stereocenters. The molecule has 4 N–H and O–H groups in total. The van der Waals surface area contributed by atoms with Crippen molar-refractivity contribution in [3.8, 4) is 0 Å². The predicted molar refractivity (Wildman–Crippen MR) is 74.1 cm³/mol. The molecule has 1 fully saturated rings. The highest BCUT2D eigenvalue weighted by molar-refractivity contribution is 5.85. The quantitative estimate of drug-likeness (QED) is 0.620. The SMILES string of the molecule is COCC(C)NC(=O)NC1(c2ncc(C(=O)O)[nH]2)CCC1. The van der Waals surface area contributed by atoms with Crippen LogP contribution in [-0.2, 0) is 10.3 Å². The monoisotopic (exact) mass is 296 g/mol. The third-order valence-electron chi connectivity index (χ3n) is 3.61. The number of carboxylic acid groups (broad SMARTS) is 1. The van der Waals surface area contributed by atoms with Crippen LogP contribution < -0.4 is 10.6 Å². The number of aromatic amines is 1. The Morgan fingerprint density at radius 2 is 2.29 bits per heavy atom. The summed E-state index contributed by atoms with van der Waals surface area (Å²) >= 11 is 0. The molecule has 2 rings (SSSR count). The second kappa shape index (κ2) is 6.13. The Kier molecular flexibility index (Phi) is 4.46. The van der Waals surface area contributed by atoms with Gasteiger partial charge in [0.2, 0.25) is 0 Å². The van der Waals surface area contributed by atoms with Gasteiger partial charge >= 0.3 is 12.0 Å². The molecule has 1 aromatic heterocycles. The highest BCUT2D eigenvalue weighted by Crippen LogP contribution is 2.39. The van der Waals surface area contributed by atoms with E-state index in [1.54, 1.807) is 7.11 Å². The molecule has 1 heterocycles. The second-order valence-electron chi connectivity index (χ2n) is 5.34. The molecular formula is C13H20N4O4. The van der Waals surface area contributed by atoms with E-state index in [2.05, 4.69) is 20.6 Å². The Hall–Kier alpha value is -2.09. The summed E-state index contributed by atoms with van der Waals surface area (Å²) in [4.78, 5) is 29.8. The summed E-state index contributed by atoms with van der Waals surface area (Å²) in [6.07, 6.45) is 3.68. The van der Waals surface area contributed by atoms with E-state index in [1.165, 1.54) is 6.20 Å². The Labute approximate surface area is 122 Å². The number of carboxylic acids is 1. The van der Waals surface area contributed by atoms with E-state index in [0.717, 1.165) is 19.3 Å². The van der Waals surface area contributed by atoms with Crippen molar-refractivity contribution >= 4 is 12.0 Å². The fraction of sp³-hybridized carbons (Fsp3) is 0.615. The Balaban J connectivity index is 2.04. The van der Waals surface area contributed by atoms with Gasteiger partial charge in [0.1, 0.15) is 11.5 Å². The minimum absolute atomic E-state index is 0.0197. The smallest absolute Gasteiger partial charge is 0.353 e. The van der Waals surface area contributed by atoms with Gasteiger partial charge in [0.15, 0.2) is 0 Å². The van der Waals surface area contributed by atoms with Crippen molar-refractivity contribution in [2.45, 2.75) is 37.8 Å². The van der Waals surface area contributed by atoms with Crippen LogP contribution in [0.2, 0.25) is 0 Å². The number of carbonyl (C=O) groups excluding carboxylic acids is 1. The first-order valence-corrected chi connectivity index (χ1v) is 6.83. The molecule has 21 heavy (non-hydrogen) atoms. The van der Waals surface area contributed by atoms with Gasteiger partial charge in [-0.1, -0.05) is 0 Å². The summed E-state index contributed by atoms with van der Waals surface area (Å²) < 4.78 is 4.96. The van der Waals surface area contributed by atoms with E-state index < -0.39 is 11.5 Å². The van der Waals surface area contributed by atoms with Crippen LogP contribution in [0.1, 0.15) is 42.5 Å². The summed E-state index contributed by atoms with van der Waals surface area (Å²) in [6, 6.07) is -0.425. The maximum Gasteiger partial charge on any atom is 0.353 e. The van der Waals surface area contributed by atoms with Crippen molar-refractivity contribution in [2.75, 3.05) is 13.7 Å². The van der Waals surface area contributed by atoms with Gasteiger partial charge in [-0.05, 0) is 26.2 Å². The largest absolute Gasteiger partial charge is 0.477 e. The third kappa shape index (κ3) is 3.33. The molecule has 8 nitrogen and oxygen atoms in total. The van der Waals surface area contributed by atoms with Crippen LogP contribution in [0.4, 0.5) is 4.79 Å². The van der Waals surface area contributed by atoms with E-state index in [1.807, 2.05) is 6.92 Å². The Morgan fingerprint density at radius 3 is 2.76 bits per heavy atom. The normalized spacial score (nSPS) is 17.6. The molecule has 1 saturated carbocycles. The first kappa shape index (κ1) is 15.3. The number of aromatic carboxylic acids is 1. The lowest BCUT2D eigenvalue weighted by atomic mass is 9.76. The van der Waals surface area contributed by atoms with E-state index in [9.17, 15) is 9.59 Å². The van der Waals surface area contributed by atoms with Gasteiger partial charge in [-0.25, -0.2) is 14.6 Å². The van der Waals surface area contributed by atoms with Crippen molar-refractivity contribution in [1.82, 2.24) is 20.6 Å². The average Bonchev–Trinajstić information content (AvgIpc) is 2.83. The van der Waals surface area contributed by atoms with Crippen LogP contribution in [0.25, 0.3) is 0 Å². The van der Waals surface area contributed by atoms with Crippen LogP contribution in [0.3, 0.4) is 0 Å². The molecule has 1 aliphatic rings. The van der Waals surface area contributed by atoms with Crippen LogP contribution in [0.15, 0.2) is 6.20 Å². The van der Waals surface area contributed by atoms with Gasteiger partial charge in [0.05, 0.1) is 24.4 Å². The number of hydrogen-bond acceptors (Lipinski definition) is 4. The number of rotatable bonds is 6. The highest BCUT2D eigenvalue weighted by atomic mass is 16.5. The number of urea groups is 1. The fourth-order valence-corrected chi connectivity index (χ4v) is 2.39. The minimum atomic E-state index is -1.07. The average molecular weight is 296 g/mol. The first-order valence-electron chi connectivity index (χ1n) is 6.83. The highest BCUT2D eigenvalue weighted by Gasteiger charge is 2.43. The molecule has 2 amide bonds. The zero-order chi connectivity index (χ0) is 15.5. The summed E-state index contributed by atoms with van der Waals surface area (Å²) in [5.74, 6) is -0.581. The van der Waals surface area contributed by atoms with E-state index >= 15 is 0 Å². The Morgan fingerprint density at radius 1 is 1.57 bits per heavy atom. The molecular weight excluding hydrogens is 276 g/mol. The number of ether oxygens (including phenoxy) is 1. The van der Waals surface area contributed by atoms with E-state index in [4.69, 9.17) is 9.84 Å².